The highest BCUT2D eigenvalue weighted by atomic mass is 16.6. The number of aliphatic hydroxyl groups excluding tert-OH is 1. The lowest BCUT2D eigenvalue weighted by atomic mass is 9.99. The van der Waals surface area contributed by atoms with Crippen LogP contribution in [0.3, 0.4) is 0 Å². The largest absolute Gasteiger partial charge is 0.508 e. The summed E-state index contributed by atoms with van der Waals surface area (Å²) in [5.41, 5.74) is 2.82. The molecule has 3 aromatic rings. The minimum absolute atomic E-state index is 0.0559. The molecule has 3 rings (SSSR count). The molecule has 0 radical (unpaired) electrons. The summed E-state index contributed by atoms with van der Waals surface area (Å²) in [6, 6.07) is 18.5. The third-order valence-electron chi connectivity index (χ3n) is 6.35. The van der Waals surface area contributed by atoms with E-state index in [2.05, 4.69) is 10.6 Å². The van der Waals surface area contributed by atoms with Crippen molar-refractivity contribution in [3.8, 4) is 5.75 Å². The van der Waals surface area contributed by atoms with E-state index in [4.69, 9.17) is 4.74 Å². The predicted octanol–water partition coefficient (Wildman–Crippen LogP) is 4.65. The number of phenolic OH excluding ortho intramolecular Hbond substituents is 1. The van der Waals surface area contributed by atoms with Crippen molar-refractivity contribution >= 4 is 23.6 Å². The van der Waals surface area contributed by atoms with Gasteiger partial charge >= 0.3 is 6.09 Å². The zero-order chi connectivity index (χ0) is 30.2. The van der Waals surface area contributed by atoms with Crippen LogP contribution >= 0.6 is 0 Å². The van der Waals surface area contributed by atoms with Gasteiger partial charge in [-0.25, -0.2) is 4.79 Å². The Hall–Kier alpha value is -4.37. The summed E-state index contributed by atoms with van der Waals surface area (Å²) in [5, 5.41) is 25.3. The van der Waals surface area contributed by atoms with Gasteiger partial charge in [0.2, 0.25) is 5.91 Å². The number of carbonyl (C=O) groups excluding carboxylic acids is 3. The number of alkyl carbamates (subject to hydrolysis) is 1. The number of aliphatic hydroxyl groups is 1. The fourth-order valence-corrected chi connectivity index (χ4v) is 4.33. The zero-order valence-corrected chi connectivity index (χ0v) is 24.2. The molecule has 9 heteroatoms. The van der Waals surface area contributed by atoms with Gasteiger partial charge in [-0.2, -0.15) is 0 Å². The van der Waals surface area contributed by atoms with Gasteiger partial charge in [0.1, 0.15) is 23.4 Å². The molecule has 0 aliphatic heterocycles. The molecule has 41 heavy (non-hydrogen) atoms. The standard InChI is InChI=1S/C32H39N3O6/c1-21-10-14-24(15-11-21)28(29(38)33-26-9-7-6-8-22(26)2)35(18-19-36)30(39)27(34-31(40)41-32(3,4)5)20-23-12-16-25(37)17-13-23/h6-17,27-28,36-37H,18-20H2,1-5H3,(H,33,38)(H,34,40). The number of hydrogen-bond donors (Lipinski definition) is 4. The first-order chi connectivity index (χ1) is 19.4. The van der Waals surface area contributed by atoms with Crippen LogP contribution in [0.1, 0.15) is 49.1 Å². The molecule has 0 saturated heterocycles. The molecule has 2 atom stereocenters. The normalized spacial score (nSPS) is 12.6. The third-order valence-corrected chi connectivity index (χ3v) is 6.35. The van der Waals surface area contributed by atoms with E-state index in [1.807, 2.05) is 38.1 Å². The maximum Gasteiger partial charge on any atom is 0.408 e. The van der Waals surface area contributed by atoms with Crippen molar-refractivity contribution in [3.05, 3.63) is 95.1 Å². The smallest absolute Gasteiger partial charge is 0.408 e. The van der Waals surface area contributed by atoms with Crippen molar-refractivity contribution in [3.63, 3.8) is 0 Å². The number of rotatable bonds is 10. The summed E-state index contributed by atoms with van der Waals surface area (Å²) in [6.07, 6.45) is -0.741. The molecular formula is C32H39N3O6. The Labute approximate surface area is 241 Å². The number of aromatic hydroxyl groups is 1. The number of ether oxygens (including phenoxy) is 1. The Morgan fingerprint density at radius 2 is 1.56 bits per heavy atom. The molecule has 0 aliphatic rings. The van der Waals surface area contributed by atoms with Crippen molar-refractivity contribution in [2.45, 2.75) is 58.7 Å². The van der Waals surface area contributed by atoms with Crippen LogP contribution in [0.2, 0.25) is 0 Å². The first kappa shape index (κ1) is 31.2. The fraction of sp³-hybridized carbons (Fsp3) is 0.344. The Morgan fingerprint density at radius 1 is 0.927 bits per heavy atom. The topological polar surface area (TPSA) is 128 Å². The van der Waals surface area contributed by atoms with Crippen molar-refractivity contribution in [1.82, 2.24) is 10.2 Å². The molecule has 0 saturated carbocycles. The van der Waals surface area contributed by atoms with E-state index < -0.39 is 42.2 Å². The fourth-order valence-electron chi connectivity index (χ4n) is 4.33. The number of phenols is 1. The maximum atomic E-state index is 14.2. The quantitative estimate of drug-likeness (QED) is 0.285. The van der Waals surface area contributed by atoms with Gasteiger partial charge in [0.05, 0.1) is 6.61 Å². The number of anilines is 1. The van der Waals surface area contributed by atoms with E-state index in [0.717, 1.165) is 11.1 Å². The van der Waals surface area contributed by atoms with E-state index >= 15 is 0 Å². The predicted molar refractivity (Wildman–Crippen MR) is 157 cm³/mol. The molecule has 0 aliphatic carbocycles. The summed E-state index contributed by atoms with van der Waals surface area (Å²) in [6.45, 7) is 8.35. The third kappa shape index (κ3) is 9.08. The first-order valence-electron chi connectivity index (χ1n) is 13.5. The summed E-state index contributed by atoms with van der Waals surface area (Å²) in [4.78, 5) is 42.2. The van der Waals surface area contributed by atoms with Crippen LogP contribution in [0.25, 0.3) is 0 Å². The van der Waals surface area contributed by atoms with E-state index in [0.29, 0.717) is 16.8 Å². The number of nitrogens with zero attached hydrogens (tertiary/aromatic N) is 1. The van der Waals surface area contributed by atoms with Gasteiger partial charge in [-0.15, -0.1) is 0 Å². The lowest BCUT2D eigenvalue weighted by Crippen LogP contribution is -2.53. The number of hydrogen-bond acceptors (Lipinski definition) is 6. The number of benzene rings is 3. The van der Waals surface area contributed by atoms with Gasteiger partial charge in [0, 0.05) is 18.7 Å². The number of carbonyl (C=O) groups is 3. The molecule has 0 spiro atoms. The Morgan fingerprint density at radius 3 is 2.15 bits per heavy atom. The molecule has 3 aromatic carbocycles. The average molecular weight is 562 g/mol. The van der Waals surface area contributed by atoms with Gasteiger partial charge in [0.25, 0.3) is 5.91 Å². The number of para-hydroxylation sites is 1. The Balaban J connectivity index is 2.03. The molecule has 3 amide bonds. The van der Waals surface area contributed by atoms with Crippen LogP contribution in [-0.4, -0.2) is 57.8 Å². The average Bonchev–Trinajstić information content (AvgIpc) is 2.90. The summed E-state index contributed by atoms with van der Waals surface area (Å²) >= 11 is 0. The van der Waals surface area contributed by atoms with Crippen LogP contribution in [0.4, 0.5) is 10.5 Å². The van der Waals surface area contributed by atoms with Crippen molar-refractivity contribution in [2.75, 3.05) is 18.5 Å². The number of nitrogens with one attached hydrogen (secondary N) is 2. The van der Waals surface area contributed by atoms with Gasteiger partial charge in [0.15, 0.2) is 0 Å². The lowest BCUT2D eigenvalue weighted by molar-refractivity contribution is -0.141. The van der Waals surface area contributed by atoms with E-state index in [1.54, 1.807) is 57.2 Å². The van der Waals surface area contributed by atoms with Crippen molar-refractivity contribution in [2.24, 2.45) is 0 Å². The van der Waals surface area contributed by atoms with E-state index in [1.165, 1.54) is 17.0 Å². The minimum Gasteiger partial charge on any atom is -0.508 e. The van der Waals surface area contributed by atoms with Crippen LogP contribution in [0.15, 0.2) is 72.8 Å². The zero-order valence-electron chi connectivity index (χ0n) is 24.2. The molecule has 9 nitrogen and oxygen atoms in total. The van der Waals surface area contributed by atoms with E-state index in [-0.39, 0.29) is 18.7 Å². The summed E-state index contributed by atoms with van der Waals surface area (Å²) < 4.78 is 5.42. The second kappa shape index (κ2) is 13.8. The van der Waals surface area contributed by atoms with E-state index in [9.17, 15) is 24.6 Å². The molecule has 218 valence electrons. The number of aryl methyl sites for hydroxylation is 2. The highest BCUT2D eigenvalue weighted by Gasteiger charge is 2.36. The molecule has 2 unspecified atom stereocenters. The van der Waals surface area contributed by atoms with Gasteiger partial charge in [-0.05, 0) is 69.5 Å². The van der Waals surface area contributed by atoms with Crippen LogP contribution in [0.5, 0.6) is 5.75 Å². The Kier molecular flexibility index (Phi) is 10.5. The van der Waals surface area contributed by atoms with Crippen molar-refractivity contribution < 1.29 is 29.3 Å². The molecule has 0 aromatic heterocycles. The maximum absolute atomic E-state index is 14.2. The molecular weight excluding hydrogens is 522 g/mol. The van der Waals surface area contributed by atoms with Crippen LogP contribution in [-0.2, 0) is 20.7 Å². The summed E-state index contributed by atoms with van der Waals surface area (Å²) in [7, 11) is 0. The number of amides is 3. The lowest BCUT2D eigenvalue weighted by Gasteiger charge is -2.34. The highest BCUT2D eigenvalue weighted by Crippen LogP contribution is 2.26. The highest BCUT2D eigenvalue weighted by molar-refractivity contribution is 5.99. The monoisotopic (exact) mass is 561 g/mol. The SMILES string of the molecule is Cc1ccc(C(C(=O)Nc2ccccc2C)N(CCO)C(=O)C(Cc2ccc(O)cc2)NC(=O)OC(C)(C)C)cc1. The van der Waals surface area contributed by atoms with Gasteiger partial charge in [-0.3, -0.25) is 9.59 Å². The van der Waals surface area contributed by atoms with Gasteiger partial charge < -0.3 is 30.5 Å². The summed E-state index contributed by atoms with van der Waals surface area (Å²) in [5.74, 6) is -0.986. The molecule has 4 N–H and O–H groups in total. The molecule has 0 bridgehead atoms. The van der Waals surface area contributed by atoms with Crippen LogP contribution in [0, 0.1) is 13.8 Å². The second-order valence-electron chi connectivity index (χ2n) is 10.9. The van der Waals surface area contributed by atoms with Gasteiger partial charge in [-0.1, -0.05) is 60.2 Å². The molecule has 0 heterocycles. The molecule has 0 fully saturated rings. The Bertz CT molecular complexity index is 1330. The second-order valence-corrected chi connectivity index (χ2v) is 10.9. The first-order valence-corrected chi connectivity index (χ1v) is 13.5. The van der Waals surface area contributed by atoms with Crippen LogP contribution < -0.4 is 10.6 Å². The van der Waals surface area contributed by atoms with Crippen molar-refractivity contribution in [1.29, 1.82) is 0 Å². The minimum atomic E-state index is -1.14.